The number of hydrogen-bond donors (Lipinski definition) is 2. The Bertz CT molecular complexity index is 1160. The van der Waals surface area contributed by atoms with Crippen molar-refractivity contribution in [3.05, 3.63) is 57.7 Å². The summed E-state index contributed by atoms with van der Waals surface area (Å²) in [5, 5.41) is 20.3. The first-order valence-corrected chi connectivity index (χ1v) is 14.5. The normalized spacial score (nSPS) is 23.4. The summed E-state index contributed by atoms with van der Waals surface area (Å²) in [7, 11) is 0. The number of rotatable bonds is 10. The van der Waals surface area contributed by atoms with E-state index in [1.165, 1.54) is 12.1 Å². The quantitative estimate of drug-likeness (QED) is 0.286. The van der Waals surface area contributed by atoms with E-state index in [4.69, 9.17) is 0 Å². The summed E-state index contributed by atoms with van der Waals surface area (Å²) in [6, 6.07) is 2.65. The first-order valence-electron chi connectivity index (χ1n) is 14.5. The lowest BCUT2D eigenvalue weighted by Gasteiger charge is -2.38. The van der Waals surface area contributed by atoms with Gasteiger partial charge >= 0.3 is 11.9 Å². The SMILES string of the molecule is CC1=CCCC(C)(C)C1C(=O)CC(C)c1c(C(=O)O)ccc(C(=O)O)c1C(C)CC(=O)C1C(C)=CCCC1(C)C. The van der Waals surface area contributed by atoms with Crippen LogP contribution in [-0.4, -0.2) is 33.7 Å². The van der Waals surface area contributed by atoms with Crippen molar-refractivity contribution < 1.29 is 29.4 Å². The van der Waals surface area contributed by atoms with Crippen molar-refractivity contribution in [2.75, 3.05) is 0 Å². The lowest BCUT2D eigenvalue weighted by molar-refractivity contribution is -0.126. The summed E-state index contributed by atoms with van der Waals surface area (Å²) in [6.07, 6.45) is 8.01. The van der Waals surface area contributed by atoms with Crippen molar-refractivity contribution >= 4 is 23.5 Å². The molecule has 0 amide bonds. The van der Waals surface area contributed by atoms with Gasteiger partial charge in [0.05, 0.1) is 11.1 Å². The maximum Gasteiger partial charge on any atom is 0.335 e. The fourth-order valence-electron chi connectivity index (χ4n) is 7.59. The van der Waals surface area contributed by atoms with Gasteiger partial charge < -0.3 is 10.2 Å². The molecule has 0 aliphatic heterocycles. The molecule has 40 heavy (non-hydrogen) atoms. The molecule has 1 aromatic rings. The largest absolute Gasteiger partial charge is 0.478 e. The van der Waals surface area contributed by atoms with Gasteiger partial charge in [-0.05, 0) is 85.5 Å². The number of Topliss-reactive ketones (excluding diaryl/α,β-unsaturated/α-hetero) is 2. The predicted octanol–water partition coefficient (Wildman–Crippen LogP) is 7.97. The molecule has 0 aromatic heterocycles. The summed E-state index contributed by atoms with van der Waals surface area (Å²) in [5.74, 6) is -3.91. The van der Waals surface area contributed by atoms with E-state index < -0.39 is 23.8 Å². The number of ketones is 2. The molecule has 0 saturated heterocycles. The molecule has 2 aliphatic carbocycles. The molecule has 1 aromatic carbocycles. The van der Waals surface area contributed by atoms with Crippen LogP contribution in [0.15, 0.2) is 35.4 Å². The number of hydrogen-bond acceptors (Lipinski definition) is 4. The van der Waals surface area contributed by atoms with Crippen molar-refractivity contribution in [2.45, 2.75) is 106 Å². The highest BCUT2D eigenvalue weighted by Gasteiger charge is 2.41. The molecule has 0 spiro atoms. The Labute approximate surface area is 238 Å². The van der Waals surface area contributed by atoms with Gasteiger partial charge in [-0.1, -0.05) is 64.8 Å². The zero-order valence-corrected chi connectivity index (χ0v) is 25.4. The highest BCUT2D eigenvalue weighted by molar-refractivity contribution is 5.96. The zero-order chi connectivity index (χ0) is 30.2. The van der Waals surface area contributed by atoms with Crippen LogP contribution in [-0.2, 0) is 9.59 Å². The fraction of sp³-hybridized carbons (Fsp3) is 0.588. The first kappa shape index (κ1) is 31.5. The van der Waals surface area contributed by atoms with Crippen molar-refractivity contribution in [3.8, 4) is 0 Å². The van der Waals surface area contributed by atoms with Crippen LogP contribution in [0.3, 0.4) is 0 Å². The second kappa shape index (κ2) is 11.8. The van der Waals surface area contributed by atoms with Crippen molar-refractivity contribution in [1.82, 2.24) is 0 Å². The Hall–Kier alpha value is -3.02. The average molecular weight is 551 g/mol. The number of carboxylic acids is 2. The molecule has 2 N–H and O–H groups in total. The molecule has 0 radical (unpaired) electrons. The molecule has 0 saturated carbocycles. The second-order valence-electron chi connectivity index (χ2n) is 13.6. The third-order valence-corrected chi connectivity index (χ3v) is 9.38. The molecule has 3 rings (SSSR count). The summed E-state index contributed by atoms with van der Waals surface area (Å²) in [4.78, 5) is 52.2. The molecular weight excluding hydrogens is 504 g/mol. The lowest BCUT2D eigenvalue weighted by atomic mass is 9.65. The van der Waals surface area contributed by atoms with E-state index in [9.17, 15) is 29.4 Å². The Morgan fingerprint density at radius 2 is 1.05 bits per heavy atom. The predicted molar refractivity (Wildman–Crippen MR) is 157 cm³/mol. The third-order valence-electron chi connectivity index (χ3n) is 9.38. The fourth-order valence-corrected chi connectivity index (χ4v) is 7.59. The smallest absolute Gasteiger partial charge is 0.335 e. The van der Waals surface area contributed by atoms with Gasteiger partial charge in [-0.2, -0.15) is 0 Å². The lowest BCUT2D eigenvalue weighted by Crippen LogP contribution is -2.35. The van der Waals surface area contributed by atoms with E-state index in [1.807, 2.05) is 13.8 Å². The molecule has 218 valence electrons. The van der Waals surface area contributed by atoms with Crippen LogP contribution in [0.2, 0.25) is 0 Å². The van der Waals surface area contributed by atoms with Gasteiger partial charge in [0.2, 0.25) is 0 Å². The van der Waals surface area contributed by atoms with Crippen LogP contribution in [0, 0.1) is 22.7 Å². The Morgan fingerprint density at radius 3 is 1.32 bits per heavy atom. The van der Waals surface area contributed by atoms with Crippen LogP contribution in [0.25, 0.3) is 0 Å². The highest BCUT2D eigenvalue weighted by atomic mass is 16.4. The van der Waals surface area contributed by atoms with E-state index in [1.54, 1.807) is 13.8 Å². The molecule has 4 atom stereocenters. The highest BCUT2D eigenvalue weighted by Crippen LogP contribution is 2.45. The minimum absolute atomic E-state index is 0.0103. The maximum absolute atomic E-state index is 13.7. The van der Waals surface area contributed by atoms with Crippen molar-refractivity contribution in [3.63, 3.8) is 0 Å². The summed E-state index contributed by atoms with van der Waals surface area (Å²) < 4.78 is 0. The summed E-state index contributed by atoms with van der Waals surface area (Å²) in [5.41, 5.74) is 2.32. The number of aromatic carboxylic acids is 2. The zero-order valence-electron chi connectivity index (χ0n) is 25.4. The Morgan fingerprint density at radius 1 is 0.725 bits per heavy atom. The van der Waals surface area contributed by atoms with Crippen LogP contribution in [0.5, 0.6) is 0 Å². The minimum atomic E-state index is -1.17. The van der Waals surface area contributed by atoms with Crippen molar-refractivity contribution in [1.29, 1.82) is 0 Å². The van der Waals surface area contributed by atoms with E-state index in [0.717, 1.165) is 36.8 Å². The molecule has 0 heterocycles. The molecule has 2 aliphatic rings. The standard InChI is InChI=1S/C34H46O6/c1-19-11-9-15-33(5,6)29(19)25(35)17-21(3)27-23(31(37)38)13-14-24(32(39)40)28(27)22(4)18-26(36)30-20(2)12-10-16-34(30,7)8/h11-14,21-22,29-30H,9-10,15-18H2,1-8H3,(H,37,38)(H,39,40). The van der Waals surface area contributed by atoms with E-state index in [0.29, 0.717) is 11.1 Å². The monoisotopic (exact) mass is 550 g/mol. The Kier molecular flexibility index (Phi) is 9.33. The molecule has 0 bridgehead atoms. The van der Waals surface area contributed by atoms with Crippen molar-refractivity contribution in [2.24, 2.45) is 22.7 Å². The van der Waals surface area contributed by atoms with E-state index in [-0.39, 0.29) is 58.2 Å². The van der Waals surface area contributed by atoms with Gasteiger partial charge in [0.15, 0.2) is 0 Å². The number of allylic oxidation sites excluding steroid dienone is 4. The van der Waals surface area contributed by atoms with Gasteiger partial charge in [0, 0.05) is 24.7 Å². The number of carbonyl (C=O) groups is 4. The second-order valence-corrected chi connectivity index (χ2v) is 13.6. The molecule has 4 unspecified atom stereocenters. The minimum Gasteiger partial charge on any atom is -0.478 e. The van der Waals surface area contributed by atoms with Crippen LogP contribution >= 0.6 is 0 Å². The molecule has 0 fully saturated rings. The summed E-state index contributed by atoms with van der Waals surface area (Å²) >= 11 is 0. The molecule has 6 nitrogen and oxygen atoms in total. The van der Waals surface area contributed by atoms with Gasteiger partial charge in [-0.25, -0.2) is 9.59 Å². The number of carboxylic acid groups (broad SMARTS) is 2. The van der Waals surface area contributed by atoms with Gasteiger partial charge in [-0.15, -0.1) is 0 Å². The topological polar surface area (TPSA) is 109 Å². The van der Waals surface area contributed by atoms with Gasteiger partial charge in [-0.3, -0.25) is 9.59 Å². The first-order chi connectivity index (χ1) is 18.5. The van der Waals surface area contributed by atoms with Crippen LogP contribution in [0.1, 0.15) is 138 Å². The Balaban J connectivity index is 2.07. The summed E-state index contributed by atoms with van der Waals surface area (Å²) in [6.45, 7) is 15.9. The number of carbonyl (C=O) groups excluding carboxylic acids is 2. The van der Waals surface area contributed by atoms with E-state index >= 15 is 0 Å². The molecular formula is C34H46O6. The van der Waals surface area contributed by atoms with E-state index in [2.05, 4.69) is 39.8 Å². The average Bonchev–Trinajstić information content (AvgIpc) is 2.81. The number of benzene rings is 1. The molecule has 6 heteroatoms. The third kappa shape index (κ3) is 6.31. The van der Waals surface area contributed by atoms with Gasteiger partial charge in [0.25, 0.3) is 0 Å². The van der Waals surface area contributed by atoms with Gasteiger partial charge in [0.1, 0.15) is 11.6 Å². The maximum atomic E-state index is 13.7. The van der Waals surface area contributed by atoms with Crippen LogP contribution in [0.4, 0.5) is 0 Å². The van der Waals surface area contributed by atoms with Crippen LogP contribution < -0.4 is 0 Å².